The molecule has 0 aliphatic heterocycles. The van der Waals surface area contributed by atoms with Crippen LogP contribution in [0.1, 0.15) is 18.1 Å². The van der Waals surface area contributed by atoms with Crippen LogP contribution in [0.3, 0.4) is 0 Å². The molecule has 0 fully saturated rings. The maximum Gasteiger partial charge on any atom is 0.0649 e. The number of rotatable bonds is 2. The third kappa shape index (κ3) is 1.47. The van der Waals surface area contributed by atoms with Gasteiger partial charge in [-0.3, -0.25) is 0 Å². The quantitative estimate of drug-likeness (QED) is 0.527. The van der Waals surface area contributed by atoms with Gasteiger partial charge in [-0.2, -0.15) is 0 Å². The summed E-state index contributed by atoms with van der Waals surface area (Å²) in [5.41, 5.74) is 2.94. The van der Waals surface area contributed by atoms with Crippen LogP contribution in [0.2, 0.25) is 0 Å². The van der Waals surface area contributed by atoms with Gasteiger partial charge in [0.05, 0.1) is 23.0 Å². The molecule has 0 unspecified atom stereocenters. The molecule has 0 N–H and O–H groups in total. The lowest BCUT2D eigenvalue weighted by Gasteiger charge is -1.93. The van der Waals surface area contributed by atoms with Gasteiger partial charge in [-0.15, -0.1) is 45.8 Å². The van der Waals surface area contributed by atoms with E-state index in [0.717, 1.165) is 0 Å². The topological polar surface area (TPSA) is 0 Å². The first kappa shape index (κ1) is 11.1. The zero-order chi connectivity index (χ0) is 11.3. The number of hydrogen-bond acceptors (Lipinski definition) is 4. The third-order valence-electron chi connectivity index (χ3n) is 2.65. The zero-order valence-electron chi connectivity index (χ0n) is 9.42. The van der Waals surface area contributed by atoms with Crippen molar-refractivity contribution in [1.82, 2.24) is 0 Å². The average molecular weight is 284 g/mol. The Hall–Kier alpha value is -0.0300. The molecule has 84 valence electrons. The smallest absolute Gasteiger partial charge is 0.0649 e. The fourth-order valence-corrected chi connectivity index (χ4v) is 7.22. The molecule has 0 aliphatic rings. The van der Waals surface area contributed by atoms with Crippen LogP contribution in [0.4, 0.5) is 0 Å². The Bertz CT molecular complexity index is 653. The van der Waals surface area contributed by atoms with E-state index in [2.05, 4.69) is 26.2 Å². The highest BCUT2D eigenvalue weighted by atomic mass is 32.2. The maximum atomic E-state index is 2.28. The van der Waals surface area contributed by atoms with E-state index in [1.54, 1.807) is 0 Å². The van der Waals surface area contributed by atoms with Gasteiger partial charge in [0.2, 0.25) is 0 Å². The molecular weight excluding hydrogens is 272 g/mol. The second-order valence-electron chi connectivity index (χ2n) is 3.78. The summed E-state index contributed by atoms with van der Waals surface area (Å²) < 4.78 is 7.56. The second kappa shape index (κ2) is 4.02. The molecule has 0 bridgehead atoms. The average Bonchev–Trinajstić information content (AvgIpc) is 2.86. The van der Waals surface area contributed by atoms with Crippen LogP contribution in [0.5, 0.6) is 0 Å². The fourth-order valence-electron chi connectivity index (χ4n) is 1.84. The van der Waals surface area contributed by atoms with Crippen molar-refractivity contribution in [2.75, 3.05) is 5.75 Å². The Kier molecular flexibility index (Phi) is 2.78. The molecule has 0 saturated heterocycles. The van der Waals surface area contributed by atoms with Crippen LogP contribution in [0.15, 0.2) is 9.59 Å². The molecule has 0 aliphatic carbocycles. The molecule has 0 nitrogen and oxygen atoms in total. The molecule has 0 spiro atoms. The lowest BCUT2D eigenvalue weighted by molar-refractivity contribution is 1.45. The Morgan fingerprint density at radius 3 is 2.62 bits per heavy atom. The minimum atomic E-state index is 1.17. The Balaban J connectivity index is 2.34. The van der Waals surface area contributed by atoms with Crippen molar-refractivity contribution in [3.05, 3.63) is 16.5 Å². The summed E-state index contributed by atoms with van der Waals surface area (Å²) in [6.45, 7) is 6.71. The summed E-state index contributed by atoms with van der Waals surface area (Å²) in [5.74, 6) is 1.17. The van der Waals surface area contributed by atoms with Crippen molar-refractivity contribution < 1.29 is 0 Å². The summed E-state index contributed by atoms with van der Waals surface area (Å²) in [4.78, 5) is 0. The Labute approximate surface area is 111 Å². The summed E-state index contributed by atoms with van der Waals surface area (Å²) in [5, 5.41) is 2.28. The number of hydrogen-bond donors (Lipinski definition) is 0. The summed E-state index contributed by atoms with van der Waals surface area (Å²) in [6.07, 6.45) is 0. The molecule has 0 atom stereocenters. The van der Waals surface area contributed by atoms with Gasteiger partial charge in [-0.25, -0.2) is 0 Å². The highest BCUT2D eigenvalue weighted by Crippen LogP contribution is 2.48. The van der Waals surface area contributed by atoms with Gasteiger partial charge in [0, 0.05) is 0 Å². The largest absolute Gasteiger partial charge is 0.141 e. The van der Waals surface area contributed by atoms with Crippen molar-refractivity contribution in [1.29, 1.82) is 0 Å². The minimum absolute atomic E-state index is 1.17. The van der Waals surface area contributed by atoms with Crippen molar-refractivity contribution in [3.8, 4) is 0 Å². The SMILES string of the molecule is CCSc1sc2c(sc3c(C)csc32)c1C. The van der Waals surface area contributed by atoms with Crippen LogP contribution >= 0.6 is 45.8 Å². The maximum absolute atomic E-state index is 2.28. The standard InChI is InChI=1S/C12H12S4/c1-4-13-12-7(3)9-11(16-12)10-8(15-9)6(2)5-14-10/h5H,4H2,1-3H3. The molecular formula is C12H12S4. The molecule has 0 amide bonds. The molecule has 0 saturated carbocycles. The van der Waals surface area contributed by atoms with E-state index in [9.17, 15) is 0 Å². The van der Waals surface area contributed by atoms with Gasteiger partial charge in [0.15, 0.2) is 0 Å². The molecule has 16 heavy (non-hydrogen) atoms. The summed E-state index contributed by atoms with van der Waals surface area (Å²) in [6, 6.07) is 0. The highest BCUT2D eigenvalue weighted by Gasteiger charge is 2.16. The fraction of sp³-hybridized carbons (Fsp3) is 0.333. The number of thioether (sulfide) groups is 1. The van der Waals surface area contributed by atoms with Crippen LogP contribution in [0.25, 0.3) is 18.8 Å². The molecule has 4 heteroatoms. The van der Waals surface area contributed by atoms with E-state index in [0.29, 0.717) is 0 Å². The molecule has 3 heterocycles. The van der Waals surface area contributed by atoms with E-state index in [1.165, 1.54) is 39.9 Å². The molecule has 3 aromatic heterocycles. The molecule has 0 aromatic carbocycles. The first-order valence-electron chi connectivity index (χ1n) is 5.24. The van der Waals surface area contributed by atoms with Crippen molar-refractivity contribution in [3.63, 3.8) is 0 Å². The number of aryl methyl sites for hydroxylation is 2. The predicted molar refractivity (Wildman–Crippen MR) is 81.0 cm³/mol. The monoisotopic (exact) mass is 284 g/mol. The van der Waals surface area contributed by atoms with E-state index >= 15 is 0 Å². The van der Waals surface area contributed by atoms with Gasteiger partial charge in [0.1, 0.15) is 0 Å². The lowest BCUT2D eigenvalue weighted by Crippen LogP contribution is -1.69. The zero-order valence-corrected chi connectivity index (χ0v) is 12.7. The predicted octanol–water partition coefficient (Wildman–Crippen LogP) is 5.91. The van der Waals surface area contributed by atoms with Gasteiger partial charge in [-0.1, -0.05) is 6.92 Å². The first-order chi connectivity index (χ1) is 7.72. The van der Waals surface area contributed by atoms with Crippen LogP contribution in [-0.4, -0.2) is 5.75 Å². The summed E-state index contributed by atoms with van der Waals surface area (Å²) >= 11 is 7.84. The Morgan fingerprint density at radius 2 is 1.88 bits per heavy atom. The van der Waals surface area contributed by atoms with Crippen molar-refractivity contribution >= 4 is 64.6 Å². The van der Waals surface area contributed by atoms with E-state index in [4.69, 9.17) is 0 Å². The number of fused-ring (bicyclic) bond motifs is 3. The van der Waals surface area contributed by atoms with Gasteiger partial charge >= 0.3 is 0 Å². The van der Waals surface area contributed by atoms with Crippen molar-refractivity contribution in [2.24, 2.45) is 0 Å². The van der Waals surface area contributed by atoms with E-state index in [1.807, 2.05) is 45.8 Å². The first-order valence-corrected chi connectivity index (χ1v) is 8.74. The van der Waals surface area contributed by atoms with Gasteiger partial charge < -0.3 is 0 Å². The minimum Gasteiger partial charge on any atom is -0.141 e. The molecule has 0 radical (unpaired) electrons. The second-order valence-corrected chi connectivity index (χ2v) is 8.24. The van der Waals surface area contributed by atoms with Crippen molar-refractivity contribution in [2.45, 2.75) is 25.0 Å². The van der Waals surface area contributed by atoms with Gasteiger partial charge in [-0.05, 0) is 36.1 Å². The highest BCUT2D eigenvalue weighted by molar-refractivity contribution is 8.01. The van der Waals surface area contributed by atoms with Crippen LogP contribution < -0.4 is 0 Å². The third-order valence-corrected chi connectivity index (χ3v) is 8.16. The molecule has 3 aromatic rings. The van der Waals surface area contributed by atoms with Crippen LogP contribution in [-0.2, 0) is 0 Å². The van der Waals surface area contributed by atoms with E-state index < -0.39 is 0 Å². The lowest BCUT2D eigenvalue weighted by atomic mass is 10.3. The molecule has 3 rings (SSSR count). The van der Waals surface area contributed by atoms with E-state index in [-0.39, 0.29) is 0 Å². The summed E-state index contributed by atoms with van der Waals surface area (Å²) in [7, 11) is 0. The number of thiophene rings is 3. The van der Waals surface area contributed by atoms with Gasteiger partial charge in [0.25, 0.3) is 0 Å². The van der Waals surface area contributed by atoms with Crippen LogP contribution in [0, 0.1) is 13.8 Å². The Morgan fingerprint density at radius 1 is 1.06 bits per heavy atom. The normalized spacial score (nSPS) is 11.9.